The van der Waals surface area contributed by atoms with Crippen LogP contribution in [0, 0.1) is 6.92 Å². The Morgan fingerprint density at radius 2 is 1.79 bits per heavy atom. The summed E-state index contributed by atoms with van der Waals surface area (Å²) in [5.41, 5.74) is 3.29. The third-order valence-corrected chi connectivity index (χ3v) is 5.23. The van der Waals surface area contributed by atoms with Crippen LogP contribution in [0.25, 0.3) is 0 Å². The van der Waals surface area contributed by atoms with E-state index in [9.17, 15) is 4.79 Å². The van der Waals surface area contributed by atoms with Gasteiger partial charge in [-0.3, -0.25) is 4.79 Å². The van der Waals surface area contributed by atoms with Gasteiger partial charge in [0, 0.05) is 19.2 Å². The predicted molar refractivity (Wildman–Crippen MR) is 113 cm³/mol. The van der Waals surface area contributed by atoms with Gasteiger partial charge >= 0.3 is 0 Å². The zero-order chi connectivity index (χ0) is 19.8. The molecular formula is C22H25N3O2S. The minimum absolute atomic E-state index is 0.0559. The molecule has 1 aromatic heterocycles. The van der Waals surface area contributed by atoms with Gasteiger partial charge in [-0.15, -0.1) is 0 Å². The summed E-state index contributed by atoms with van der Waals surface area (Å²) in [5, 5.41) is 0.783. The summed E-state index contributed by atoms with van der Waals surface area (Å²) >= 11 is 1.43. The van der Waals surface area contributed by atoms with Crippen LogP contribution >= 0.6 is 11.8 Å². The maximum atomic E-state index is 12.3. The van der Waals surface area contributed by atoms with E-state index in [0.29, 0.717) is 18.9 Å². The van der Waals surface area contributed by atoms with Crippen LogP contribution in [0.5, 0.6) is 5.75 Å². The summed E-state index contributed by atoms with van der Waals surface area (Å²) in [7, 11) is 1.80. The maximum absolute atomic E-state index is 12.3. The minimum Gasteiger partial charge on any atom is -0.492 e. The molecule has 0 bridgehead atoms. The average molecular weight is 396 g/mol. The van der Waals surface area contributed by atoms with Crippen LogP contribution < -0.4 is 4.74 Å². The first-order valence-corrected chi connectivity index (χ1v) is 10.2. The van der Waals surface area contributed by atoms with E-state index in [-0.39, 0.29) is 5.91 Å². The summed E-state index contributed by atoms with van der Waals surface area (Å²) in [6, 6.07) is 19.9. The van der Waals surface area contributed by atoms with Gasteiger partial charge in [0.15, 0.2) is 5.16 Å². The second-order valence-corrected chi connectivity index (χ2v) is 7.51. The molecule has 1 amide bonds. The van der Waals surface area contributed by atoms with E-state index in [2.05, 4.69) is 22.1 Å². The van der Waals surface area contributed by atoms with Crippen molar-refractivity contribution in [3.63, 3.8) is 0 Å². The maximum Gasteiger partial charge on any atom is 0.232 e. The number of imidazole rings is 1. The smallest absolute Gasteiger partial charge is 0.232 e. The molecule has 1 N–H and O–H groups in total. The van der Waals surface area contributed by atoms with Crippen LogP contribution in [0.3, 0.4) is 0 Å². The molecule has 0 atom stereocenters. The number of aromatic nitrogens is 2. The molecule has 2 aromatic carbocycles. The van der Waals surface area contributed by atoms with Crippen LogP contribution in [0.15, 0.2) is 65.8 Å². The normalized spacial score (nSPS) is 10.6. The van der Waals surface area contributed by atoms with Crippen molar-refractivity contribution in [2.45, 2.75) is 18.5 Å². The van der Waals surface area contributed by atoms with Gasteiger partial charge in [0.1, 0.15) is 12.4 Å². The molecule has 0 fully saturated rings. The van der Waals surface area contributed by atoms with Gasteiger partial charge in [-0.1, -0.05) is 60.3 Å². The van der Waals surface area contributed by atoms with E-state index in [1.807, 2.05) is 55.5 Å². The fourth-order valence-electron chi connectivity index (χ4n) is 2.68. The molecular weight excluding hydrogens is 370 g/mol. The van der Waals surface area contributed by atoms with Crippen molar-refractivity contribution < 1.29 is 9.53 Å². The van der Waals surface area contributed by atoms with Crippen LogP contribution in [0.4, 0.5) is 0 Å². The molecule has 3 aromatic rings. The third-order valence-electron chi connectivity index (χ3n) is 4.37. The number of aromatic amines is 1. The molecule has 3 rings (SSSR count). The minimum atomic E-state index is 0.0559. The number of hydrogen-bond donors (Lipinski definition) is 1. The van der Waals surface area contributed by atoms with E-state index < -0.39 is 0 Å². The fraction of sp³-hybridized carbons (Fsp3) is 0.273. The summed E-state index contributed by atoms with van der Waals surface area (Å²) < 4.78 is 5.65. The van der Waals surface area contributed by atoms with Crippen molar-refractivity contribution in [2.24, 2.45) is 0 Å². The lowest BCUT2D eigenvalue weighted by Crippen LogP contribution is -2.32. The monoisotopic (exact) mass is 395 g/mol. The highest BCUT2D eigenvalue weighted by Crippen LogP contribution is 2.19. The molecule has 0 aliphatic carbocycles. The topological polar surface area (TPSA) is 58.2 Å². The van der Waals surface area contributed by atoms with Gasteiger partial charge in [0.2, 0.25) is 5.91 Å². The zero-order valence-electron chi connectivity index (χ0n) is 16.2. The largest absolute Gasteiger partial charge is 0.492 e. The van der Waals surface area contributed by atoms with Gasteiger partial charge < -0.3 is 14.6 Å². The highest BCUT2D eigenvalue weighted by atomic mass is 32.2. The van der Waals surface area contributed by atoms with Crippen molar-refractivity contribution >= 4 is 17.7 Å². The number of carbonyl (C=O) groups excluding carboxylic acids is 1. The SMILES string of the molecule is Cc1[nH]c(SCC(=O)N(C)CCOc2ccccc2)nc1Cc1ccccc1. The molecule has 0 saturated carbocycles. The zero-order valence-corrected chi connectivity index (χ0v) is 17.0. The fourth-order valence-corrected chi connectivity index (χ4v) is 3.56. The molecule has 0 radical (unpaired) electrons. The Bertz CT molecular complexity index is 881. The molecule has 0 aliphatic heterocycles. The Hall–Kier alpha value is -2.73. The Kier molecular flexibility index (Phi) is 7.14. The number of likely N-dealkylation sites (N-methyl/N-ethyl adjacent to an activating group) is 1. The van der Waals surface area contributed by atoms with E-state index in [1.54, 1.807) is 11.9 Å². The number of carbonyl (C=O) groups is 1. The van der Waals surface area contributed by atoms with Gasteiger partial charge in [-0.25, -0.2) is 4.98 Å². The Morgan fingerprint density at radius 1 is 1.11 bits per heavy atom. The summed E-state index contributed by atoms with van der Waals surface area (Å²) in [6.07, 6.45) is 0.786. The first-order chi connectivity index (χ1) is 13.6. The first-order valence-electron chi connectivity index (χ1n) is 9.26. The number of rotatable bonds is 9. The lowest BCUT2D eigenvalue weighted by molar-refractivity contribution is -0.127. The molecule has 1 heterocycles. The molecule has 0 aliphatic rings. The third kappa shape index (κ3) is 5.89. The van der Waals surface area contributed by atoms with Crippen LogP contribution in [-0.4, -0.2) is 46.7 Å². The van der Waals surface area contributed by atoms with Gasteiger partial charge in [0.05, 0.1) is 18.0 Å². The van der Waals surface area contributed by atoms with Crippen molar-refractivity contribution in [1.82, 2.24) is 14.9 Å². The van der Waals surface area contributed by atoms with Crippen LogP contribution in [0.1, 0.15) is 17.0 Å². The van der Waals surface area contributed by atoms with E-state index >= 15 is 0 Å². The Morgan fingerprint density at radius 3 is 2.50 bits per heavy atom. The number of para-hydroxylation sites is 1. The van der Waals surface area contributed by atoms with Crippen molar-refractivity contribution in [1.29, 1.82) is 0 Å². The van der Waals surface area contributed by atoms with Gasteiger partial charge in [0.25, 0.3) is 0 Å². The lowest BCUT2D eigenvalue weighted by atomic mass is 10.1. The number of thioether (sulfide) groups is 1. The Balaban J connectivity index is 1.44. The van der Waals surface area contributed by atoms with Gasteiger partial charge in [-0.05, 0) is 24.6 Å². The number of amides is 1. The quantitative estimate of drug-likeness (QED) is 0.558. The van der Waals surface area contributed by atoms with E-state index in [4.69, 9.17) is 4.74 Å². The average Bonchev–Trinajstić information content (AvgIpc) is 3.07. The molecule has 5 nitrogen and oxygen atoms in total. The second-order valence-electron chi connectivity index (χ2n) is 6.54. The van der Waals surface area contributed by atoms with E-state index in [0.717, 1.165) is 28.7 Å². The van der Waals surface area contributed by atoms with Crippen molar-refractivity contribution in [3.8, 4) is 5.75 Å². The molecule has 28 heavy (non-hydrogen) atoms. The molecule has 0 spiro atoms. The first kappa shape index (κ1) is 20.0. The highest BCUT2D eigenvalue weighted by Gasteiger charge is 2.13. The summed E-state index contributed by atoms with van der Waals surface area (Å²) in [4.78, 5) is 22.0. The van der Waals surface area contributed by atoms with Gasteiger partial charge in [-0.2, -0.15) is 0 Å². The number of aryl methyl sites for hydroxylation is 1. The molecule has 0 unspecified atom stereocenters. The number of nitrogens with zero attached hydrogens (tertiary/aromatic N) is 2. The van der Waals surface area contributed by atoms with E-state index in [1.165, 1.54) is 17.3 Å². The summed E-state index contributed by atoms with van der Waals surface area (Å²) in [6.45, 7) is 3.03. The second kappa shape index (κ2) is 9.99. The Labute approximate surface area is 170 Å². The van der Waals surface area contributed by atoms with Crippen LogP contribution in [-0.2, 0) is 11.2 Å². The number of hydrogen-bond acceptors (Lipinski definition) is 4. The highest BCUT2D eigenvalue weighted by molar-refractivity contribution is 7.99. The van der Waals surface area contributed by atoms with Crippen molar-refractivity contribution in [3.05, 3.63) is 77.6 Å². The molecule has 0 saturated heterocycles. The molecule has 146 valence electrons. The van der Waals surface area contributed by atoms with Crippen LogP contribution in [0.2, 0.25) is 0 Å². The molecule has 6 heteroatoms. The standard InChI is InChI=1S/C22H25N3O2S/c1-17-20(15-18-9-5-3-6-10-18)24-22(23-17)28-16-21(26)25(2)13-14-27-19-11-7-4-8-12-19/h3-12H,13-16H2,1-2H3,(H,23,24). The number of benzene rings is 2. The summed E-state index contributed by atoms with van der Waals surface area (Å²) in [5.74, 6) is 1.22. The lowest BCUT2D eigenvalue weighted by Gasteiger charge is -2.17. The number of nitrogens with one attached hydrogen (secondary N) is 1. The number of H-pyrrole nitrogens is 1. The predicted octanol–water partition coefficient (Wildman–Crippen LogP) is 3.94. The number of ether oxygens (including phenoxy) is 1. The van der Waals surface area contributed by atoms with Crippen molar-refractivity contribution in [2.75, 3.05) is 26.0 Å².